The van der Waals surface area contributed by atoms with Crippen LogP contribution in [0.1, 0.15) is 0 Å². The standard InChI is InChI=1S/C6H9ClF3NO/c7-2-1-3-11-4-5(12)6(8,9)10/h1-2,5,11-12H,3-4H2/b2-1+. The molecule has 0 aromatic rings. The first kappa shape index (κ1) is 11.7. The van der Waals surface area contributed by atoms with E-state index in [2.05, 4.69) is 5.32 Å². The summed E-state index contributed by atoms with van der Waals surface area (Å²) >= 11 is 5.10. The maximum Gasteiger partial charge on any atom is 0.415 e. The molecule has 0 fully saturated rings. The fraction of sp³-hybridized carbons (Fsp3) is 0.667. The van der Waals surface area contributed by atoms with Crippen molar-refractivity contribution in [3.8, 4) is 0 Å². The molecule has 12 heavy (non-hydrogen) atoms. The molecule has 0 saturated carbocycles. The molecule has 0 bridgehead atoms. The van der Waals surface area contributed by atoms with Crippen molar-refractivity contribution in [2.45, 2.75) is 12.3 Å². The lowest BCUT2D eigenvalue weighted by Crippen LogP contribution is -2.38. The van der Waals surface area contributed by atoms with Crippen molar-refractivity contribution in [3.63, 3.8) is 0 Å². The van der Waals surface area contributed by atoms with Gasteiger partial charge in [-0.25, -0.2) is 0 Å². The van der Waals surface area contributed by atoms with E-state index in [1.54, 1.807) is 0 Å². The molecule has 0 aliphatic rings. The molecule has 0 aromatic carbocycles. The van der Waals surface area contributed by atoms with E-state index in [9.17, 15) is 13.2 Å². The van der Waals surface area contributed by atoms with Gasteiger partial charge in [0.25, 0.3) is 0 Å². The highest BCUT2D eigenvalue weighted by atomic mass is 35.5. The first-order chi connectivity index (χ1) is 5.48. The zero-order valence-corrected chi connectivity index (χ0v) is 6.86. The normalized spacial score (nSPS) is 15.4. The molecule has 1 atom stereocenters. The minimum atomic E-state index is -4.56. The lowest BCUT2D eigenvalue weighted by atomic mass is 10.3. The van der Waals surface area contributed by atoms with Crippen LogP contribution in [-0.2, 0) is 0 Å². The van der Waals surface area contributed by atoms with Crippen molar-refractivity contribution in [1.82, 2.24) is 5.32 Å². The van der Waals surface area contributed by atoms with E-state index in [-0.39, 0.29) is 6.54 Å². The molecule has 0 heterocycles. The maximum absolute atomic E-state index is 11.6. The van der Waals surface area contributed by atoms with Crippen LogP contribution < -0.4 is 5.32 Å². The summed E-state index contributed by atoms with van der Waals surface area (Å²) in [5.74, 6) is 0. The Labute approximate surface area is 73.0 Å². The average Bonchev–Trinajstić information content (AvgIpc) is 1.96. The van der Waals surface area contributed by atoms with Crippen molar-refractivity contribution < 1.29 is 18.3 Å². The summed E-state index contributed by atoms with van der Waals surface area (Å²) in [5.41, 5.74) is 1.19. The molecular weight excluding hydrogens is 195 g/mol. The highest BCUT2D eigenvalue weighted by molar-refractivity contribution is 6.25. The summed E-state index contributed by atoms with van der Waals surface area (Å²) in [6.45, 7) is -0.318. The van der Waals surface area contributed by atoms with E-state index in [1.165, 1.54) is 11.6 Å². The highest BCUT2D eigenvalue weighted by Crippen LogP contribution is 2.18. The summed E-state index contributed by atoms with van der Waals surface area (Å²) in [5, 5.41) is 10.8. The quantitative estimate of drug-likeness (QED) is 0.674. The van der Waals surface area contributed by atoms with Gasteiger partial charge >= 0.3 is 6.18 Å². The van der Waals surface area contributed by atoms with E-state index in [0.29, 0.717) is 0 Å². The van der Waals surface area contributed by atoms with Crippen molar-refractivity contribution in [2.75, 3.05) is 13.1 Å². The zero-order valence-electron chi connectivity index (χ0n) is 6.11. The third-order valence-electron chi connectivity index (χ3n) is 1.07. The topological polar surface area (TPSA) is 32.3 Å². The van der Waals surface area contributed by atoms with Gasteiger partial charge in [-0.1, -0.05) is 17.7 Å². The van der Waals surface area contributed by atoms with Crippen LogP contribution in [0.2, 0.25) is 0 Å². The summed E-state index contributed by atoms with van der Waals surface area (Å²) < 4.78 is 34.9. The van der Waals surface area contributed by atoms with Crippen LogP contribution in [0.3, 0.4) is 0 Å². The molecule has 1 unspecified atom stereocenters. The second-order valence-electron chi connectivity index (χ2n) is 2.08. The molecule has 72 valence electrons. The summed E-state index contributed by atoms with van der Waals surface area (Å²) in [6.07, 6.45) is -5.44. The number of halogens is 4. The monoisotopic (exact) mass is 203 g/mol. The predicted molar refractivity (Wildman–Crippen MR) is 39.9 cm³/mol. The number of alkyl halides is 3. The van der Waals surface area contributed by atoms with Gasteiger partial charge in [-0.3, -0.25) is 0 Å². The lowest BCUT2D eigenvalue weighted by molar-refractivity contribution is -0.201. The van der Waals surface area contributed by atoms with Gasteiger partial charge in [-0.2, -0.15) is 13.2 Å². The second kappa shape index (κ2) is 5.40. The maximum atomic E-state index is 11.6. The Morgan fingerprint density at radius 2 is 2.08 bits per heavy atom. The Morgan fingerprint density at radius 1 is 1.50 bits per heavy atom. The van der Waals surface area contributed by atoms with E-state index in [4.69, 9.17) is 16.7 Å². The Balaban J connectivity index is 3.51. The van der Waals surface area contributed by atoms with Crippen molar-refractivity contribution in [3.05, 3.63) is 11.6 Å². The zero-order chi connectivity index (χ0) is 9.61. The SMILES string of the molecule is OC(CNC/C=C/Cl)C(F)(F)F. The number of aliphatic hydroxyl groups excluding tert-OH is 1. The van der Waals surface area contributed by atoms with Gasteiger partial charge in [0, 0.05) is 18.6 Å². The number of nitrogens with one attached hydrogen (secondary N) is 1. The van der Waals surface area contributed by atoms with Gasteiger partial charge < -0.3 is 10.4 Å². The van der Waals surface area contributed by atoms with Gasteiger partial charge in [-0.15, -0.1) is 0 Å². The smallest absolute Gasteiger partial charge is 0.382 e. The largest absolute Gasteiger partial charge is 0.415 e. The van der Waals surface area contributed by atoms with Crippen LogP contribution in [0.15, 0.2) is 11.6 Å². The molecule has 0 spiro atoms. The number of hydrogen-bond acceptors (Lipinski definition) is 2. The molecular formula is C6H9ClF3NO. The van der Waals surface area contributed by atoms with Crippen LogP contribution >= 0.6 is 11.6 Å². The van der Waals surface area contributed by atoms with Crippen LogP contribution in [0.5, 0.6) is 0 Å². The van der Waals surface area contributed by atoms with Crippen LogP contribution in [-0.4, -0.2) is 30.5 Å². The number of aliphatic hydroxyl groups is 1. The lowest BCUT2D eigenvalue weighted by Gasteiger charge is -2.13. The molecule has 6 heteroatoms. The third-order valence-corrected chi connectivity index (χ3v) is 1.24. The molecule has 0 aromatic heterocycles. The minimum absolute atomic E-state index is 0.205. The minimum Gasteiger partial charge on any atom is -0.382 e. The van der Waals surface area contributed by atoms with Crippen molar-refractivity contribution in [1.29, 1.82) is 0 Å². The molecule has 0 amide bonds. The van der Waals surface area contributed by atoms with E-state index in [0.717, 1.165) is 0 Å². The summed E-state index contributed by atoms with van der Waals surface area (Å²) in [6, 6.07) is 0. The summed E-state index contributed by atoms with van der Waals surface area (Å²) in [4.78, 5) is 0. The second-order valence-corrected chi connectivity index (χ2v) is 2.33. The van der Waals surface area contributed by atoms with Crippen molar-refractivity contribution in [2.24, 2.45) is 0 Å². The molecule has 0 saturated heterocycles. The van der Waals surface area contributed by atoms with Crippen LogP contribution in [0.25, 0.3) is 0 Å². The van der Waals surface area contributed by atoms with Crippen molar-refractivity contribution >= 4 is 11.6 Å². The van der Waals surface area contributed by atoms with Gasteiger partial charge in [0.05, 0.1) is 0 Å². The fourth-order valence-corrected chi connectivity index (χ4v) is 0.553. The third kappa shape index (κ3) is 5.40. The molecule has 2 nitrogen and oxygen atoms in total. The van der Waals surface area contributed by atoms with Gasteiger partial charge in [0.2, 0.25) is 0 Å². The Hall–Kier alpha value is -0.260. The molecule has 0 aliphatic carbocycles. The van der Waals surface area contributed by atoms with Gasteiger partial charge in [0.1, 0.15) is 0 Å². The Kier molecular flexibility index (Phi) is 5.28. The van der Waals surface area contributed by atoms with E-state index < -0.39 is 18.8 Å². The Bertz CT molecular complexity index is 148. The Morgan fingerprint density at radius 3 is 2.50 bits per heavy atom. The highest BCUT2D eigenvalue weighted by Gasteiger charge is 2.37. The van der Waals surface area contributed by atoms with Gasteiger partial charge in [0.15, 0.2) is 6.10 Å². The predicted octanol–water partition coefficient (Wildman–Crippen LogP) is 1.25. The first-order valence-electron chi connectivity index (χ1n) is 3.19. The molecule has 2 N–H and O–H groups in total. The van der Waals surface area contributed by atoms with E-state index in [1.807, 2.05) is 0 Å². The average molecular weight is 204 g/mol. The molecule has 0 radical (unpaired) electrons. The summed E-state index contributed by atoms with van der Waals surface area (Å²) in [7, 11) is 0. The number of rotatable bonds is 4. The van der Waals surface area contributed by atoms with Crippen LogP contribution in [0.4, 0.5) is 13.2 Å². The molecule has 0 aliphatic heterocycles. The van der Waals surface area contributed by atoms with Gasteiger partial charge in [-0.05, 0) is 0 Å². The van der Waals surface area contributed by atoms with E-state index >= 15 is 0 Å². The molecule has 0 rings (SSSR count). The fourth-order valence-electron chi connectivity index (χ4n) is 0.464. The van der Waals surface area contributed by atoms with Crippen LogP contribution in [0, 0.1) is 0 Å². The number of hydrogen-bond donors (Lipinski definition) is 2. The first-order valence-corrected chi connectivity index (χ1v) is 3.63.